The monoisotopic (exact) mass is 395 g/mol. The minimum absolute atomic E-state index is 0.0879. The van der Waals surface area contributed by atoms with E-state index in [-0.39, 0.29) is 46.4 Å². The summed E-state index contributed by atoms with van der Waals surface area (Å²) in [6.07, 6.45) is 0. The second kappa shape index (κ2) is 8.05. The highest BCUT2D eigenvalue weighted by Gasteiger charge is 2.19. The molecule has 0 aliphatic heterocycles. The summed E-state index contributed by atoms with van der Waals surface area (Å²) < 4.78 is 19.1. The molecular weight excluding hydrogens is 377 g/mol. The number of phenols is 1. The first-order valence-corrected chi connectivity index (χ1v) is 8.76. The summed E-state index contributed by atoms with van der Waals surface area (Å²) >= 11 is 0. The first kappa shape index (κ1) is 19.9. The van der Waals surface area contributed by atoms with Crippen LogP contribution in [-0.4, -0.2) is 33.4 Å². The Morgan fingerprint density at radius 3 is 2.59 bits per heavy atom. The van der Waals surface area contributed by atoms with Gasteiger partial charge in [0.05, 0.1) is 17.9 Å². The fraction of sp³-hybridized carbons (Fsp3) is 0.143. The lowest BCUT2D eigenvalue weighted by Crippen LogP contribution is -2.10. The smallest absolute Gasteiger partial charge is 0.357 e. The first-order chi connectivity index (χ1) is 13.8. The summed E-state index contributed by atoms with van der Waals surface area (Å²) in [5.74, 6) is -2.29. The molecule has 148 valence electrons. The fourth-order valence-corrected chi connectivity index (χ4v) is 2.76. The van der Waals surface area contributed by atoms with Gasteiger partial charge in [0.2, 0.25) is 5.95 Å². The Morgan fingerprint density at radius 1 is 1.14 bits per heavy atom. The molecule has 3 aromatic rings. The molecule has 1 aromatic heterocycles. The van der Waals surface area contributed by atoms with Crippen molar-refractivity contribution in [1.82, 2.24) is 9.97 Å². The van der Waals surface area contributed by atoms with Gasteiger partial charge in [-0.3, -0.25) is 4.79 Å². The highest BCUT2D eigenvalue weighted by Crippen LogP contribution is 2.30. The number of aromatic nitrogens is 2. The van der Waals surface area contributed by atoms with Crippen LogP contribution < -0.4 is 5.73 Å². The largest absolute Gasteiger partial charge is 0.507 e. The maximum atomic E-state index is 14.2. The summed E-state index contributed by atoms with van der Waals surface area (Å²) in [7, 11) is 0. The van der Waals surface area contributed by atoms with E-state index in [1.54, 1.807) is 19.9 Å². The number of hydrogen-bond acceptors (Lipinski definition) is 7. The number of hydrogen-bond donors (Lipinski definition) is 2. The lowest BCUT2D eigenvalue weighted by molar-refractivity contribution is 0.0519. The molecule has 0 amide bonds. The van der Waals surface area contributed by atoms with E-state index in [1.165, 1.54) is 36.4 Å². The molecule has 0 unspecified atom stereocenters. The molecule has 0 spiro atoms. The number of carbonyl (C=O) groups is 2. The molecule has 0 saturated heterocycles. The molecule has 3 N–H and O–H groups in total. The number of ether oxygens (including phenoxy) is 1. The van der Waals surface area contributed by atoms with E-state index in [4.69, 9.17) is 10.5 Å². The van der Waals surface area contributed by atoms with Crippen LogP contribution in [0.15, 0.2) is 42.5 Å². The number of nitrogen functional groups attached to an aromatic ring is 1. The third-order valence-corrected chi connectivity index (χ3v) is 4.13. The maximum absolute atomic E-state index is 14.2. The average Bonchev–Trinajstić information content (AvgIpc) is 2.67. The summed E-state index contributed by atoms with van der Waals surface area (Å²) in [4.78, 5) is 32.6. The van der Waals surface area contributed by atoms with Crippen LogP contribution >= 0.6 is 0 Å². The van der Waals surface area contributed by atoms with Crippen LogP contribution in [0.1, 0.15) is 38.9 Å². The summed E-state index contributed by atoms with van der Waals surface area (Å²) in [5.41, 5.74) is 6.58. The van der Waals surface area contributed by atoms with Crippen molar-refractivity contribution < 1.29 is 23.8 Å². The van der Waals surface area contributed by atoms with Gasteiger partial charge in [-0.05, 0) is 55.8 Å². The first-order valence-electron chi connectivity index (χ1n) is 8.76. The molecule has 2 aromatic carbocycles. The van der Waals surface area contributed by atoms with Crippen molar-refractivity contribution in [3.63, 3.8) is 0 Å². The van der Waals surface area contributed by atoms with Crippen molar-refractivity contribution in [2.45, 2.75) is 13.8 Å². The van der Waals surface area contributed by atoms with Gasteiger partial charge in [0.25, 0.3) is 0 Å². The van der Waals surface area contributed by atoms with Crippen LogP contribution in [-0.2, 0) is 4.74 Å². The minimum atomic E-state index is -0.698. The van der Waals surface area contributed by atoms with Gasteiger partial charge < -0.3 is 15.6 Å². The lowest BCUT2D eigenvalue weighted by atomic mass is 9.98. The molecule has 0 aliphatic carbocycles. The number of carbonyl (C=O) groups excluding carboxylic acids is 2. The summed E-state index contributed by atoms with van der Waals surface area (Å²) in [6, 6.07) is 9.62. The molecule has 8 heteroatoms. The van der Waals surface area contributed by atoms with Crippen molar-refractivity contribution in [1.29, 1.82) is 0 Å². The topological polar surface area (TPSA) is 115 Å². The SMILES string of the molecule is CCOC(=O)c1cc(-c2cc(C(=O)c3ccc(C)cc3F)ccc2O)nc(N)n1. The Bertz CT molecular complexity index is 1120. The van der Waals surface area contributed by atoms with E-state index in [0.717, 1.165) is 0 Å². The number of aryl methyl sites for hydroxylation is 1. The van der Waals surface area contributed by atoms with Crippen LogP contribution in [0.5, 0.6) is 5.75 Å². The zero-order chi connectivity index (χ0) is 21.1. The molecule has 1 heterocycles. The van der Waals surface area contributed by atoms with Crippen LogP contribution in [0.2, 0.25) is 0 Å². The molecule has 0 saturated carbocycles. The van der Waals surface area contributed by atoms with E-state index >= 15 is 0 Å². The number of halogens is 1. The van der Waals surface area contributed by atoms with Gasteiger partial charge in [0, 0.05) is 11.1 Å². The number of esters is 1. The molecule has 0 atom stereocenters. The second-order valence-corrected chi connectivity index (χ2v) is 6.26. The standard InChI is InChI=1S/C21H18FN3O4/c1-3-29-20(28)17-10-16(24-21(23)25-17)14-9-12(5-7-18(14)26)19(27)13-6-4-11(2)8-15(13)22/h4-10,26H,3H2,1-2H3,(H2,23,24,25). The van der Waals surface area contributed by atoms with Crippen molar-refractivity contribution >= 4 is 17.7 Å². The molecule has 3 rings (SSSR count). The number of ketones is 1. The number of phenolic OH excluding ortho intramolecular Hbond substituents is 1. The van der Waals surface area contributed by atoms with Crippen LogP contribution in [0.25, 0.3) is 11.3 Å². The van der Waals surface area contributed by atoms with Crippen LogP contribution in [0.3, 0.4) is 0 Å². The molecule has 0 aliphatic rings. The predicted molar refractivity (Wildman–Crippen MR) is 104 cm³/mol. The Morgan fingerprint density at radius 2 is 1.90 bits per heavy atom. The van der Waals surface area contributed by atoms with Crippen LogP contribution in [0, 0.1) is 12.7 Å². The highest BCUT2D eigenvalue weighted by atomic mass is 19.1. The van der Waals surface area contributed by atoms with E-state index in [1.807, 2.05) is 0 Å². The average molecular weight is 395 g/mol. The van der Waals surface area contributed by atoms with Crippen molar-refractivity contribution in [2.24, 2.45) is 0 Å². The van der Waals surface area contributed by atoms with E-state index in [9.17, 15) is 19.1 Å². The molecule has 0 bridgehead atoms. The number of benzene rings is 2. The maximum Gasteiger partial charge on any atom is 0.357 e. The Hall–Kier alpha value is -3.81. The minimum Gasteiger partial charge on any atom is -0.507 e. The zero-order valence-electron chi connectivity index (χ0n) is 15.8. The van der Waals surface area contributed by atoms with Crippen molar-refractivity contribution in [3.8, 4) is 17.0 Å². The Kier molecular flexibility index (Phi) is 5.54. The van der Waals surface area contributed by atoms with Gasteiger partial charge in [0.1, 0.15) is 11.6 Å². The fourth-order valence-electron chi connectivity index (χ4n) is 2.76. The third-order valence-electron chi connectivity index (χ3n) is 4.13. The van der Waals surface area contributed by atoms with E-state index in [0.29, 0.717) is 5.56 Å². The number of rotatable bonds is 5. The number of nitrogens with two attached hydrogens (primary N) is 1. The molecule has 7 nitrogen and oxygen atoms in total. The van der Waals surface area contributed by atoms with Crippen molar-refractivity contribution in [3.05, 3.63) is 70.7 Å². The highest BCUT2D eigenvalue weighted by molar-refractivity contribution is 6.10. The molecular formula is C21H18FN3O4. The zero-order valence-corrected chi connectivity index (χ0v) is 15.8. The summed E-state index contributed by atoms with van der Waals surface area (Å²) in [5, 5.41) is 10.3. The number of anilines is 1. The van der Waals surface area contributed by atoms with Crippen molar-refractivity contribution in [2.75, 3.05) is 12.3 Å². The lowest BCUT2D eigenvalue weighted by Gasteiger charge is -2.10. The second-order valence-electron chi connectivity index (χ2n) is 6.26. The van der Waals surface area contributed by atoms with E-state index in [2.05, 4.69) is 9.97 Å². The van der Waals surface area contributed by atoms with Gasteiger partial charge >= 0.3 is 5.97 Å². The Labute approximate surface area is 166 Å². The van der Waals surface area contributed by atoms with Gasteiger partial charge in [-0.1, -0.05) is 6.07 Å². The number of nitrogens with zero attached hydrogens (tertiary/aromatic N) is 2. The normalized spacial score (nSPS) is 10.6. The van der Waals surface area contributed by atoms with Gasteiger partial charge in [-0.25, -0.2) is 19.2 Å². The van der Waals surface area contributed by atoms with Crippen LogP contribution in [0.4, 0.5) is 10.3 Å². The van der Waals surface area contributed by atoms with E-state index < -0.39 is 17.6 Å². The quantitative estimate of drug-likeness (QED) is 0.503. The van der Waals surface area contributed by atoms with Gasteiger partial charge in [-0.2, -0.15) is 0 Å². The molecule has 0 radical (unpaired) electrons. The number of aromatic hydroxyl groups is 1. The molecule has 0 fully saturated rings. The Balaban J connectivity index is 2.06. The van der Waals surface area contributed by atoms with Gasteiger partial charge in [-0.15, -0.1) is 0 Å². The molecule has 29 heavy (non-hydrogen) atoms. The predicted octanol–water partition coefficient (Wildman–Crippen LogP) is 3.29. The van der Waals surface area contributed by atoms with Gasteiger partial charge in [0.15, 0.2) is 11.5 Å². The third kappa shape index (κ3) is 4.21. The summed E-state index contributed by atoms with van der Waals surface area (Å²) in [6.45, 7) is 3.51.